The number of thiophene rings is 1. The van der Waals surface area contributed by atoms with Crippen molar-refractivity contribution in [1.29, 1.82) is 0 Å². The number of likely N-dealkylation sites (tertiary alicyclic amines) is 1. The van der Waals surface area contributed by atoms with Crippen LogP contribution >= 0.6 is 11.3 Å². The summed E-state index contributed by atoms with van der Waals surface area (Å²) in [7, 11) is 0. The second kappa shape index (κ2) is 7.71. The van der Waals surface area contributed by atoms with Gasteiger partial charge >= 0.3 is 0 Å². The van der Waals surface area contributed by atoms with Crippen LogP contribution in [0.15, 0.2) is 22.8 Å². The molecule has 0 bridgehead atoms. The summed E-state index contributed by atoms with van der Waals surface area (Å²) in [5.74, 6) is 1.05. The quantitative estimate of drug-likeness (QED) is 0.712. The molecular formula is C20H22N4O3S. The molecule has 1 N–H and O–H groups in total. The summed E-state index contributed by atoms with van der Waals surface area (Å²) in [6.07, 6.45) is 4.05. The Balaban J connectivity index is 1.50. The smallest absolute Gasteiger partial charge is 0.261 e. The zero-order chi connectivity index (χ0) is 19.7. The molecule has 4 rings (SSSR count). The summed E-state index contributed by atoms with van der Waals surface area (Å²) in [6.45, 7) is 5.82. The Bertz CT molecular complexity index is 1020. The van der Waals surface area contributed by atoms with Gasteiger partial charge in [0.25, 0.3) is 5.91 Å². The van der Waals surface area contributed by atoms with Gasteiger partial charge in [-0.2, -0.15) is 0 Å². The number of carbonyl (C=O) groups is 2. The lowest BCUT2D eigenvalue weighted by molar-refractivity contribution is -0.129. The van der Waals surface area contributed by atoms with Crippen LogP contribution in [0.5, 0.6) is 0 Å². The van der Waals surface area contributed by atoms with Crippen LogP contribution < -0.4 is 5.32 Å². The van der Waals surface area contributed by atoms with Gasteiger partial charge in [-0.05, 0) is 44.4 Å². The molecule has 2 amide bonds. The molecule has 0 radical (unpaired) electrons. The third kappa shape index (κ3) is 3.52. The molecule has 0 spiro atoms. The molecule has 0 unspecified atom stereocenters. The van der Waals surface area contributed by atoms with E-state index in [2.05, 4.69) is 15.3 Å². The standard InChI is InChI=1S/C20H22N4O3S/c1-12-16-13(2)22-18(14-6-5-11-27-14)23-20(16)28-17(12)19(26)21-8-7-15(25)24-9-3-4-10-24/h5-6,11H,3-4,7-10H2,1-2H3,(H,21,26). The molecule has 1 aliphatic heterocycles. The van der Waals surface area contributed by atoms with Crippen LogP contribution in [-0.2, 0) is 4.79 Å². The summed E-state index contributed by atoms with van der Waals surface area (Å²) in [6, 6.07) is 3.60. The number of hydrogen-bond acceptors (Lipinski definition) is 6. The lowest BCUT2D eigenvalue weighted by Gasteiger charge is -2.15. The topological polar surface area (TPSA) is 88.3 Å². The fourth-order valence-electron chi connectivity index (χ4n) is 3.56. The van der Waals surface area contributed by atoms with E-state index in [0.717, 1.165) is 47.4 Å². The molecule has 3 aromatic heterocycles. The molecule has 1 aliphatic rings. The number of furan rings is 1. The Morgan fingerprint density at radius 2 is 2.04 bits per heavy atom. The Kier molecular flexibility index (Phi) is 5.13. The predicted octanol–water partition coefficient (Wildman–Crippen LogP) is 3.31. The third-order valence-corrected chi connectivity index (χ3v) is 6.19. The lowest BCUT2D eigenvalue weighted by atomic mass is 10.1. The predicted molar refractivity (Wildman–Crippen MR) is 107 cm³/mol. The monoisotopic (exact) mass is 398 g/mol. The normalized spacial score (nSPS) is 14.0. The highest BCUT2D eigenvalue weighted by atomic mass is 32.1. The second-order valence-corrected chi connectivity index (χ2v) is 7.94. The molecule has 0 aliphatic carbocycles. The van der Waals surface area contributed by atoms with Crippen LogP contribution in [0.1, 0.15) is 40.2 Å². The van der Waals surface area contributed by atoms with Crippen LogP contribution in [0.25, 0.3) is 21.8 Å². The molecule has 4 heterocycles. The molecule has 1 fully saturated rings. The molecule has 0 saturated carbocycles. The van der Waals surface area contributed by atoms with Crippen molar-refractivity contribution in [2.24, 2.45) is 0 Å². The van der Waals surface area contributed by atoms with E-state index >= 15 is 0 Å². The number of nitrogens with one attached hydrogen (secondary N) is 1. The SMILES string of the molecule is Cc1nc(-c2ccco2)nc2sc(C(=O)NCCC(=O)N3CCCC3)c(C)c12. The molecule has 146 valence electrons. The van der Waals surface area contributed by atoms with Crippen molar-refractivity contribution in [2.45, 2.75) is 33.1 Å². The largest absolute Gasteiger partial charge is 0.461 e. The summed E-state index contributed by atoms with van der Waals surface area (Å²) >= 11 is 1.34. The number of aromatic nitrogens is 2. The Morgan fingerprint density at radius 3 is 2.75 bits per heavy atom. The number of hydrogen-bond donors (Lipinski definition) is 1. The summed E-state index contributed by atoms with van der Waals surface area (Å²) in [4.78, 5) is 37.1. The van der Waals surface area contributed by atoms with Crippen molar-refractivity contribution in [2.75, 3.05) is 19.6 Å². The van der Waals surface area contributed by atoms with E-state index in [-0.39, 0.29) is 11.8 Å². The minimum absolute atomic E-state index is 0.107. The average Bonchev–Trinajstić information content (AvgIpc) is 3.42. The molecular weight excluding hydrogens is 376 g/mol. The first-order valence-electron chi connectivity index (χ1n) is 9.42. The summed E-state index contributed by atoms with van der Waals surface area (Å²) < 4.78 is 5.39. The number of fused-ring (bicyclic) bond motifs is 1. The number of nitrogens with zero attached hydrogens (tertiary/aromatic N) is 3. The molecule has 1 saturated heterocycles. The first-order chi connectivity index (χ1) is 13.5. The molecule has 3 aromatic rings. The van der Waals surface area contributed by atoms with E-state index in [0.29, 0.717) is 29.4 Å². The molecule has 8 heteroatoms. The lowest BCUT2D eigenvalue weighted by Crippen LogP contribution is -2.32. The van der Waals surface area contributed by atoms with Gasteiger partial charge in [0, 0.05) is 31.4 Å². The van der Waals surface area contributed by atoms with Crippen LogP contribution in [0.4, 0.5) is 0 Å². The van der Waals surface area contributed by atoms with Crippen LogP contribution in [0.3, 0.4) is 0 Å². The second-order valence-electron chi connectivity index (χ2n) is 6.94. The molecule has 0 aromatic carbocycles. The number of aryl methyl sites for hydroxylation is 2. The first kappa shape index (κ1) is 18.6. The van der Waals surface area contributed by atoms with Gasteiger partial charge in [-0.3, -0.25) is 9.59 Å². The van der Waals surface area contributed by atoms with Crippen molar-refractivity contribution in [3.05, 3.63) is 34.5 Å². The van der Waals surface area contributed by atoms with Crippen molar-refractivity contribution < 1.29 is 14.0 Å². The van der Waals surface area contributed by atoms with Crippen molar-refractivity contribution in [1.82, 2.24) is 20.2 Å². The van der Waals surface area contributed by atoms with Crippen LogP contribution in [-0.4, -0.2) is 46.3 Å². The maximum absolute atomic E-state index is 12.7. The van der Waals surface area contributed by atoms with E-state index < -0.39 is 0 Å². The van der Waals surface area contributed by atoms with Gasteiger partial charge in [-0.15, -0.1) is 11.3 Å². The zero-order valence-corrected chi connectivity index (χ0v) is 16.8. The van der Waals surface area contributed by atoms with Gasteiger partial charge < -0.3 is 14.6 Å². The fourth-order valence-corrected chi connectivity index (χ4v) is 4.71. The highest BCUT2D eigenvalue weighted by molar-refractivity contribution is 7.20. The van der Waals surface area contributed by atoms with Crippen LogP contribution in [0.2, 0.25) is 0 Å². The molecule has 7 nitrogen and oxygen atoms in total. The Labute approximate surface area is 166 Å². The number of carbonyl (C=O) groups excluding carboxylic acids is 2. The maximum Gasteiger partial charge on any atom is 0.261 e. The van der Waals surface area contributed by atoms with Gasteiger partial charge in [0.2, 0.25) is 5.91 Å². The van der Waals surface area contributed by atoms with Gasteiger partial charge in [0.15, 0.2) is 11.6 Å². The Morgan fingerprint density at radius 1 is 1.25 bits per heavy atom. The van der Waals surface area contributed by atoms with Crippen molar-refractivity contribution in [3.8, 4) is 11.6 Å². The van der Waals surface area contributed by atoms with Crippen molar-refractivity contribution in [3.63, 3.8) is 0 Å². The van der Waals surface area contributed by atoms with E-state index in [1.54, 1.807) is 12.3 Å². The van der Waals surface area contributed by atoms with E-state index in [1.807, 2.05) is 24.8 Å². The van der Waals surface area contributed by atoms with E-state index in [1.165, 1.54) is 11.3 Å². The number of amides is 2. The first-order valence-corrected chi connectivity index (χ1v) is 10.2. The third-order valence-electron chi connectivity index (χ3n) is 5.00. The molecule has 0 atom stereocenters. The summed E-state index contributed by atoms with van der Waals surface area (Å²) in [5, 5.41) is 3.78. The van der Waals surface area contributed by atoms with Gasteiger partial charge in [0.1, 0.15) is 4.83 Å². The fraction of sp³-hybridized carbons (Fsp3) is 0.400. The van der Waals surface area contributed by atoms with E-state index in [4.69, 9.17) is 4.42 Å². The van der Waals surface area contributed by atoms with Gasteiger partial charge in [-0.1, -0.05) is 0 Å². The zero-order valence-electron chi connectivity index (χ0n) is 15.9. The average molecular weight is 398 g/mol. The van der Waals surface area contributed by atoms with Gasteiger partial charge in [-0.25, -0.2) is 9.97 Å². The minimum Gasteiger partial charge on any atom is -0.461 e. The highest BCUT2D eigenvalue weighted by Gasteiger charge is 2.21. The highest BCUT2D eigenvalue weighted by Crippen LogP contribution is 2.32. The maximum atomic E-state index is 12.7. The summed E-state index contributed by atoms with van der Waals surface area (Å²) in [5.41, 5.74) is 1.68. The van der Waals surface area contributed by atoms with Crippen molar-refractivity contribution >= 4 is 33.4 Å². The molecule has 28 heavy (non-hydrogen) atoms. The van der Waals surface area contributed by atoms with Gasteiger partial charge in [0.05, 0.1) is 16.8 Å². The minimum atomic E-state index is -0.173. The number of rotatable bonds is 5. The van der Waals surface area contributed by atoms with E-state index in [9.17, 15) is 9.59 Å². The Hall–Kier alpha value is -2.74. The van der Waals surface area contributed by atoms with Crippen LogP contribution in [0, 0.1) is 13.8 Å².